The lowest BCUT2D eigenvalue weighted by Crippen LogP contribution is -2.32. The van der Waals surface area contributed by atoms with Crippen LogP contribution in [0.5, 0.6) is 0 Å². The van der Waals surface area contributed by atoms with Gasteiger partial charge < -0.3 is 10.6 Å². The van der Waals surface area contributed by atoms with Gasteiger partial charge in [0.1, 0.15) is 5.56 Å². The van der Waals surface area contributed by atoms with Crippen molar-refractivity contribution in [2.45, 2.75) is 13.8 Å². The van der Waals surface area contributed by atoms with Gasteiger partial charge in [0.2, 0.25) is 0 Å². The molecule has 0 spiro atoms. The van der Waals surface area contributed by atoms with Gasteiger partial charge in [0.05, 0.1) is 4.92 Å². The maximum Gasteiger partial charge on any atom is 0.282 e. The number of nitrogens with one attached hydrogen (secondary N) is 2. The van der Waals surface area contributed by atoms with Gasteiger partial charge >= 0.3 is 0 Å². The highest BCUT2D eigenvalue weighted by atomic mass is 16.6. The molecule has 1 aromatic rings. The average molecular weight is 265 g/mol. The lowest BCUT2D eigenvalue weighted by Gasteiger charge is -2.12. The van der Waals surface area contributed by atoms with Gasteiger partial charge in [-0.2, -0.15) is 0 Å². The first-order valence-corrected chi connectivity index (χ1v) is 6.13. The molecular formula is C13H19N3O3. The van der Waals surface area contributed by atoms with Crippen LogP contribution in [0.25, 0.3) is 0 Å². The Labute approximate surface area is 112 Å². The van der Waals surface area contributed by atoms with E-state index in [9.17, 15) is 14.9 Å². The molecule has 1 unspecified atom stereocenters. The predicted molar refractivity (Wildman–Crippen MR) is 73.3 cm³/mol. The molecular weight excluding hydrogens is 246 g/mol. The van der Waals surface area contributed by atoms with Gasteiger partial charge in [-0.1, -0.05) is 13.0 Å². The maximum atomic E-state index is 12.0. The molecule has 0 fully saturated rings. The molecule has 0 radical (unpaired) electrons. The summed E-state index contributed by atoms with van der Waals surface area (Å²) in [5, 5.41) is 16.6. The number of benzene rings is 1. The van der Waals surface area contributed by atoms with Crippen LogP contribution in [0, 0.1) is 23.0 Å². The largest absolute Gasteiger partial charge is 0.352 e. The molecule has 6 nitrogen and oxygen atoms in total. The summed E-state index contributed by atoms with van der Waals surface area (Å²) < 4.78 is 0. The first kappa shape index (κ1) is 15.1. The minimum atomic E-state index is -0.536. The van der Waals surface area contributed by atoms with Crippen LogP contribution in [0.2, 0.25) is 0 Å². The molecule has 0 aliphatic rings. The third-order valence-electron chi connectivity index (χ3n) is 2.76. The van der Waals surface area contributed by atoms with Crippen molar-refractivity contribution in [3.63, 3.8) is 0 Å². The van der Waals surface area contributed by atoms with Crippen LogP contribution in [-0.2, 0) is 0 Å². The van der Waals surface area contributed by atoms with Crippen molar-refractivity contribution in [1.82, 2.24) is 10.6 Å². The van der Waals surface area contributed by atoms with Gasteiger partial charge in [-0.3, -0.25) is 14.9 Å². The number of amides is 1. The van der Waals surface area contributed by atoms with Crippen LogP contribution in [-0.4, -0.2) is 31.0 Å². The highest BCUT2D eigenvalue weighted by Gasteiger charge is 2.20. The minimum absolute atomic E-state index is 0.113. The second-order valence-electron chi connectivity index (χ2n) is 4.65. The SMILES string of the molecule is CNCC(C)CNC(=O)c1cc(C)ccc1[N+](=O)[O-]. The molecule has 0 aliphatic heterocycles. The van der Waals surface area contributed by atoms with Gasteiger partial charge in [0.15, 0.2) is 0 Å². The molecule has 0 bridgehead atoms. The van der Waals surface area contributed by atoms with Crippen molar-refractivity contribution in [2.75, 3.05) is 20.1 Å². The number of aryl methyl sites for hydroxylation is 1. The number of hydrogen-bond acceptors (Lipinski definition) is 4. The minimum Gasteiger partial charge on any atom is -0.352 e. The highest BCUT2D eigenvalue weighted by Crippen LogP contribution is 2.19. The van der Waals surface area contributed by atoms with Crippen molar-refractivity contribution in [2.24, 2.45) is 5.92 Å². The molecule has 0 aliphatic carbocycles. The molecule has 0 aromatic heterocycles. The molecule has 1 rings (SSSR count). The number of hydrogen-bond donors (Lipinski definition) is 2. The van der Waals surface area contributed by atoms with Crippen molar-refractivity contribution < 1.29 is 9.72 Å². The number of nitro groups is 1. The Balaban J connectivity index is 2.81. The van der Waals surface area contributed by atoms with Crippen LogP contribution in [0.1, 0.15) is 22.8 Å². The van der Waals surface area contributed by atoms with E-state index in [2.05, 4.69) is 10.6 Å². The molecule has 1 amide bonds. The molecule has 0 heterocycles. The second-order valence-corrected chi connectivity index (χ2v) is 4.65. The monoisotopic (exact) mass is 265 g/mol. The van der Waals surface area contributed by atoms with E-state index in [0.29, 0.717) is 6.54 Å². The van der Waals surface area contributed by atoms with Crippen LogP contribution in [0.15, 0.2) is 18.2 Å². The Morgan fingerprint density at radius 2 is 2.11 bits per heavy atom. The third-order valence-corrected chi connectivity index (χ3v) is 2.76. The van der Waals surface area contributed by atoms with Crippen molar-refractivity contribution in [1.29, 1.82) is 0 Å². The molecule has 0 saturated carbocycles. The maximum absolute atomic E-state index is 12.0. The summed E-state index contributed by atoms with van der Waals surface area (Å²) in [4.78, 5) is 22.4. The Kier molecular flexibility index (Phi) is 5.44. The van der Waals surface area contributed by atoms with Gasteiger partial charge in [-0.05, 0) is 38.1 Å². The molecule has 6 heteroatoms. The predicted octanol–water partition coefficient (Wildman–Crippen LogP) is 1.49. The topological polar surface area (TPSA) is 84.3 Å². The van der Waals surface area contributed by atoms with Gasteiger partial charge in [-0.15, -0.1) is 0 Å². The van der Waals surface area contributed by atoms with Gasteiger partial charge in [-0.25, -0.2) is 0 Å². The highest BCUT2D eigenvalue weighted by molar-refractivity contribution is 5.98. The van der Waals surface area contributed by atoms with E-state index < -0.39 is 10.8 Å². The number of rotatable bonds is 6. The molecule has 19 heavy (non-hydrogen) atoms. The van der Waals surface area contributed by atoms with E-state index >= 15 is 0 Å². The molecule has 104 valence electrons. The smallest absolute Gasteiger partial charge is 0.282 e. The zero-order valence-electron chi connectivity index (χ0n) is 11.4. The summed E-state index contributed by atoms with van der Waals surface area (Å²) in [5.41, 5.74) is 0.769. The fourth-order valence-electron chi connectivity index (χ4n) is 1.77. The van der Waals surface area contributed by atoms with E-state index in [-0.39, 0.29) is 17.2 Å². The number of carbonyl (C=O) groups is 1. The fraction of sp³-hybridized carbons (Fsp3) is 0.462. The zero-order chi connectivity index (χ0) is 14.4. The molecule has 2 N–H and O–H groups in total. The summed E-state index contributed by atoms with van der Waals surface area (Å²) in [6, 6.07) is 4.52. The second kappa shape index (κ2) is 6.84. The van der Waals surface area contributed by atoms with E-state index in [0.717, 1.165) is 12.1 Å². The van der Waals surface area contributed by atoms with Crippen LogP contribution >= 0.6 is 0 Å². The van der Waals surface area contributed by atoms with E-state index in [4.69, 9.17) is 0 Å². The first-order valence-electron chi connectivity index (χ1n) is 6.13. The van der Waals surface area contributed by atoms with E-state index in [1.54, 1.807) is 13.0 Å². The summed E-state index contributed by atoms with van der Waals surface area (Å²) in [6.45, 7) is 5.03. The average Bonchev–Trinajstić information content (AvgIpc) is 2.35. The standard InChI is InChI=1S/C13H19N3O3/c1-9-4-5-12(16(18)19)11(6-9)13(17)15-8-10(2)7-14-3/h4-6,10,14H,7-8H2,1-3H3,(H,15,17). The molecule has 1 aromatic carbocycles. The number of nitro benzene ring substituents is 1. The zero-order valence-corrected chi connectivity index (χ0v) is 11.4. The van der Waals surface area contributed by atoms with Gasteiger partial charge in [0, 0.05) is 12.6 Å². The third kappa shape index (κ3) is 4.33. The van der Waals surface area contributed by atoms with Crippen molar-refractivity contribution >= 4 is 11.6 Å². The fourth-order valence-corrected chi connectivity index (χ4v) is 1.77. The summed E-state index contributed by atoms with van der Waals surface area (Å²) >= 11 is 0. The summed E-state index contributed by atoms with van der Waals surface area (Å²) in [7, 11) is 1.84. The Hall–Kier alpha value is -1.95. The Morgan fingerprint density at radius 3 is 2.68 bits per heavy atom. The Morgan fingerprint density at radius 1 is 1.42 bits per heavy atom. The quantitative estimate of drug-likeness (QED) is 0.603. The lowest BCUT2D eigenvalue weighted by atomic mass is 10.1. The van der Waals surface area contributed by atoms with Gasteiger partial charge in [0.25, 0.3) is 11.6 Å². The summed E-state index contributed by atoms with van der Waals surface area (Å²) in [6.07, 6.45) is 0. The van der Waals surface area contributed by atoms with Crippen molar-refractivity contribution in [3.05, 3.63) is 39.4 Å². The Bertz CT molecular complexity index is 474. The first-order chi connectivity index (χ1) is 8.95. The normalized spacial score (nSPS) is 11.9. The summed E-state index contributed by atoms with van der Waals surface area (Å²) in [5.74, 6) is -0.142. The number of nitrogens with zero attached hydrogens (tertiary/aromatic N) is 1. The van der Waals surface area contributed by atoms with E-state index in [1.807, 2.05) is 14.0 Å². The van der Waals surface area contributed by atoms with E-state index in [1.165, 1.54) is 12.1 Å². The van der Waals surface area contributed by atoms with Crippen LogP contribution in [0.3, 0.4) is 0 Å². The number of carbonyl (C=O) groups excluding carboxylic acids is 1. The lowest BCUT2D eigenvalue weighted by molar-refractivity contribution is -0.385. The van der Waals surface area contributed by atoms with Crippen molar-refractivity contribution in [3.8, 4) is 0 Å². The molecule has 0 saturated heterocycles. The van der Waals surface area contributed by atoms with Crippen LogP contribution in [0.4, 0.5) is 5.69 Å². The van der Waals surface area contributed by atoms with Crippen LogP contribution < -0.4 is 10.6 Å². The molecule has 1 atom stereocenters.